The molecule has 0 saturated heterocycles. The Morgan fingerprint density at radius 1 is 1.14 bits per heavy atom. The summed E-state index contributed by atoms with van der Waals surface area (Å²) in [5.74, 6) is 1.82. The van der Waals surface area contributed by atoms with Crippen molar-refractivity contribution in [1.82, 2.24) is 15.3 Å². The van der Waals surface area contributed by atoms with E-state index >= 15 is 0 Å². The minimum atomic E-state index is -0.274. The van der Waals surface area contributed by atoms with Crippen LogP contribution in [0.4, 0.5) is 0 Å². The van der Waals surface area contributed by atoms with Crippen LogP contribution in [-0.4, -0.2) is 43.3 Å². The van der Waals surface area contributed by atoms with Gasteiger partial charge in [-0.25, -0.2) is 4.98 Å². The monoisotopic (exact) mass is 399 g/mol. The fourth-order valence-electron chi connectivity index (χ4n) is 3.02. The lowest BCUT2D eigenvalue weighted by Crippen LogP contribution is -2.24. The van der Waals surface area contributed by atoms with Crippen molar-refractivity contribution in [3.8, 4) is 23.1 Å². The fourth-order valence-corrected chi connectivity index (χ4v) is 3.02. The first-order valence-corrected chi connectivity index (χ1v) is 9.18. The van der Waals surface area contributed by atoms with Crippen molar-refractivity contribution < 1.29 is 23.7 Å². The van der Waals surface area contributed by atoms with E-state index in [0.717, 1.165) is 10.9 Å². The van der Waals surface area contributed by atoms with Gasteiger partial charge in [-0.05, 0) is 26.0 Å². The van der Waals surface area contributed by atoms with Crippen LogP contribution in [0.3, 0.4) is 0 Å². The van der Waals surface area contributed by atoms with Crippen LogP contribution in [0, 0.1) is 0 Å². The van der Waals surface area contributed by atoms with Crippen molar-refractivity contribution in [1.29, 1.82) is 0 Å². The van der Waals surface area contributed by atoms with Crippen LogP contribution in [0.2, 0.25) is 0 Å². The Bertz CT molecular complexity index is 1010. The van der Waals surface area contributed by atoms with Gasteiger partial charge >= 0.3 is 0 Å². The van der Waals surface area contributed by atoms with Crippen molar-refractivity contribution in [3.05, 3.63) is 41.7 Å². The van der Waals surface area contributed by atoms with Gasteiger partial charge in [0.25, 0.3) is 5.91 Å². The molecule has 0 fully saturated rings. The van der Waals surface area contributed by atoms with E-state index in [1.54, 1.807) is 45.7 Å². The number of pyridine rings is 1. The van der Waals surface area contributed by atoms with E-state index in [1.165, 1.54) is 0 Å². The van der Waals surface area contributed by atoms with Gasteiger partial charge in [0.2, 0.25) is 5.88 Å². The minimum Gasteiger partial charge on any atom is -0.496 e. The highest BCUT2D eigenvalue weighted by Gasteiger charge is 2.19. The molecule has 2 N–H and O–H groups in total. The molecule has 3 aromatic rings. The van der Waals surface area contributed by atoms with Gasteiger partial charge in [-0.2, -0.15) is 0 Å². The number of carbonyl (C=O) groups is 1. The number of H-pyrrole nitrogens is 1. The van der Waals surface area contributed by atoms with Gasteiger partial charge in [0.1, 0.15) is 11.4 Å². The smallest absolute Gasteiger partial charge is 0.268 e. The maximum absolute atomic E-state index is 12.8. The molecule has 1 aromatic carbocycles. The molecule has 2 heterocycles. The third-order valence-electron chi connectivity index (χ3n) is 4.32. The Morgan fingerprint density at radius 2 is 1.90 bits per heavy atom. The van der Waals surface area contributed by atoms with Crippen molar-refractivity contribution >= 4 is 16.8 Å². The number of benzene rings is 1. The van der Waals surface area contributed by atoms with Gasteiger partial charge < -0.3 is 29.2 Å². The summed E-state index contributed by atoms with van der Waals surface area (Å²) in [6, 6.07) is 7.12. The molecule has 0 radical (unpaired) electrons. The molecule has 29 heavy (non-hydrogen) atoms. The second-order valence-corrected chi connectivity index (χ2v) is 6.60. The van der Waals surface area contributed by atoms with Crippen LogP contribution in [0.25, 0.3) is 10.9 Å². The number of ether oxygens (including phenoxy) is 4. The average Bonchev–Trinajstić information content (AvgIpc) is 3.16. The van der Waals surface area contributed by atoms with Gasteiger partial charge in [0, 0.05) is 29.8 Å². The summed E-state index contributed by atoms with van der Waals surface area (Å²) in [7, 11) is 4.65. The van der Waals surface area contributed by atoms with Crippen LogP contribution >= 0.6 is 0 Å². The van der Waals surface area contributed by atoms with Gasteiger partial charge in [-0.3, -0.25) is 4.79 Å². The predicted octanol–water partition coefficient (Wildman–Crippen LogP) is 3.31. The van der Waals surface area contributed by atoms with E-state index in [0.29, 0.717) is 34.3 Å². The zero-order valence-electron chi connectivity index (χ0n) is 17.2. The summed E-state index contributed by atoms with van der Waals surface area (Å²) in [6.45, 7) is 4.13. The average molecular weight is 399 g/mol. The van der Waals surface area contributed by atoms with Crippen molar-refractivity contribution in [2.24, 2.45) is 0 Å². The quantitative estimate of drug-likeness (QED) is 0.604. The Morgan fingerprint density at radius 3 is 2.55 bits per heavy atom. The highest BCUT2D eigenvalue weighted by atomic mass is 16.5. The lowest BCUT2D eigenvalue weighted by Gasteiger charge is -2.13. The highest BCUT2D eigenvalue weighted by Crippen LogP contribution is 2.41. The van der Waals surface area contributed by atoms with Crippen molar-refractivity contribution in [3.63, 3.8) is 0 Å². The van der Waals surface area contributed by atoms with E-state index in [2.05, 4.69) is 15.3 Å². The van der Waals surface area contributed by atoms with E-state index in [9.17, 15) is 4.79 Å². The number of carbonyl (C=O) groups excluding carboxylic acids is 1. The molecule has 0 bridgehead atoms. The normalized spacial score (nSPS) is 10.8. The molecule has 3 rings (SSSR count). The Labute approximate surface area is 169 Å². The first-order chi connectivity index (χ1) is 14.0. The number of methoxy groups -OCH3 is 3. The number of nitrogens with zero attached hydrogens (tertiary/aromatic N) is 1. The molecule has 0 unspecified atom stereocenters. The van der Waals surface area contributed by atoms with E-state index < -0.39 is 0 Å². The van der Waals surface area contributed by atoms with Crippen LogP contribution in [0.15, 0.2) is 30.5 Å². The maximum atomic E-state index is 12.8. The molecule has 8 heteroatoms. The number of nitrogens with one attached hydrogen (secondary N) is 2. The first kappa shape index (κ1) is 20.3. The zero-order valence-corrected chi connectivity index (χ0v) is 17.2. The lowest BCUT2D eigenvalue weighted by atomic mass is 10.2. The molecule has 0 spiro atoms. The lowest BCUT2D eigenvalue weighted by molar-refractivity contribution is 0.0946. The summed E-state index contributed by atoms with van der Waals surface area (Å²) in [5, 5.41) is 3.61. The molecule has 1 amide bonds. The molecule has 0 aliphatic heterocycles. The second kappa shape index (κ2) is 8.72. The summed E-state index contributed by atoms with van der Waals surface area (Å²) in [4.78, 5) is 20.1. The van der Waals surface area contributed by atoms with E-state index in [4.69, 9.17) is 18.9 Å². The molecule has 154 valence electrons. The summed E-state index contributed by atoms with van der Waals surface area (Å²) in [6.07, 6.45) is 1.65. The second-order valence-electron chi connectivity index (χ2n) is 6.60. The molecule has 0 aliphatic rings. The zero-order chi connectivity index (χ0) is 21.0. The molecule has 0 aliphatic carbocycles. The van der Waals surface area contributed by atoms with Crippen LogP contribution in [-0.2, 0) is 6.54 Å². The molecular weight excluding hydrogens is 374 g/mol. The van der Waals surface area contributed by atoms with Gasteiger partial charge in [-0.1, -0.05) is 6.07 Å². The molecule has 0 atom stereocenters. The van der Waals surface area contributed by atoms with Crippen molar-refractivity contribution in [2.45, 2.75) is 26.5 Å². The number of rotatable bonds is 8. The molecular formula is C21H25N3O5. The number of hydrogen-bond acceptors (Lipinski definition) is 6. The SMILES string of the molecule is COc1cc(OC)c2cc(C(=O)NCc3cccnc3OC(C)C)[nH]c2c1OC. The summed E-state index contributed by atoms with van der Waals surface area (Å²) >= 11 is 0. The first-order valence-electron chi connectivity index (χ1n) is 9.18. The topological polar surface area (TPSA) is 94.7 Å². The highest BCUT2D eigenvalue weighted by molar-refractivity contribution is 6.02. The Hall–Kier alpha value is -3.42. The third-order valence-corrected chi connectivity index (χ3v) is 4.32. The van der Waals surface area contributed by atoms with Crippen LogP contribution in [0.5, 0.6) is 23.1 Å². The number of fused-ring (bicyclic) bond motifs is 1. The summed E-state index contributed by atoms with van der Waals surface area (Å²) in [5.41, 5.74) is 1.79. The van der Waals surface area contributed by atoms with E-state index in [1.807, 2.05) is 19.9 Å². The number of hydrogen-bond donors (Lipinski definition) is 2. The van der Waals surface area contributed by atoms with Crippen LogP contribution in [0.1, 0.15) is 29.9 Å². The van der Waals surface area contributed by atoms with Gasteiger partial charge in [0.05, 0.1) is 33.0 Å². The fraction of sp³-hybridized carbons (Fsp3) is 0.333. The molecule has 0 saturated carbocycles. The largest absolute Gasteiger partial charge is 0.496 e. The van der Waals surface area contributed by atoms with Crippen LogP contribution < -0.4 is 24.3 Å². The van der Waals surface area contributed by atoms with Crippen molar-refractivity contribution in [2.75, 3.05) is 21.3 Å². The standard InChI is InChI=1S/C21H25N3O5/c1-12(2)29-21-13(7-6-8-22-21)11-23-20(25)15-9-14-16(26-3)10-17(27-4)19(28-5)18(14)24-15/h6-10,12,24H,11H2,1-5H3,(H,23,25). The number of aromatic amines is 1. The summed E-state index contributed by atoms with van der Waals surface area (Å²) < 4.78 is 21.9. The number of aromatic nitrogens is 2. The Kier molecular flexibility index (Phi) is 6.11. The van der Waals surface area contributed by atoms with Gasteiger partial charge in [0.15, 0.2) is 11.5 Å². The molecule has 8 nitrogen and oxygen atoms in total. The van der Waals surface area contributed by atoms with Gasteiger partial charge in [-0.15, -0.1) is 0 Å². The number of amides is 1. The third kappa shape index (κ3) is 4.21. The minimum absolute atomic E-state index is 0.0111. The molecule has 2 aromatic heterocycles. The Balaban J connectivity index is 1.87. The maximum Gasteiger partial charge on any atom is 0.268 e. The van der Waals surface area contributed by atoms with E-state index in [-0.39, 0.29) is 18.6 Å². The predicted molar refractivity (Wildman–Crippen MR) is 109 cm³/mol.